The largest absolute Gasteiger partial charge is 0.382 e. The van der Waals surface area contributed by atoms with E-state index in [1.165, 1.54) is 5.39 Å². The van der Waals surface area contributed by atoms with Crippen LogP contribution in [0.5, 0.6) is 0 Å². The third kappa shape index (κ3) is 3.33. The molecule has 0 bridgehead atoms. The third-order valence-electron chi connectivity index (χ3n) is 5.10. The maximum absolute atomic E-state index is 5.03. The van der Waals surface area contributed by atoms with Gasteiger partial charge in [0.2, 0.25) is 0 Å². The van der Waals surface area contributed by atoms with Crippen LogP contribution >= 0.6 is 0 Å². The first-order chi connectivity index (χ1) is 13.3. The van der Waals surface area contributed by atoms with Crippen LogP contribution in [0.25, 0.3) is 27.8 Å². The normalized spacial score (nSPS) is 11.2. The molecule has 0 atom stereocenters. The summed E-state index contributed by atoms with van der Waals surface area (Å²) in [5, 5.41) is 9.95. The van der Waals surface area contributed by atoms with Crippen molar-refractivity contribution in [3.05, 3.63) is 78.9 Å². The maximum Gasteiger partial charge on any atom is 0.103 e. The lowest BCUT2D eigenvalue weighted by Gasteiger charge is -2.17. The van der Waals surface area contributed by atoms with E-state index in [9.17, 15) is 0 Å². The molecule has 4 aromatic rings. The highest BCUT2D eigenvalue weighted by molar-refractivity contribution is 6.03. The second-order valence-electron chi connectivity index (χ2n) is 6.82. The standard InChI is InChI=1S/C24H25N3/c1-3-19(4-2)25-21-16-11-17-22-23(21)24(18-12-7-5-8-13-18)26-27(22)20-14-9-6-10-15-20/h5-17,19,25H,3-4H2,1-2H3. The van der Waals surface area contributed by atoms with Gasteiger partial charge < -0.3 is 5.32 Å². The molecule has 4 rings (SSSR count). The van der Waals surface area contributed by atoms with Crippen molar-refractivity contribution in [1.82, 2.24) is 9.78 Å². The lowest BCUT2D eigenvalue weighted by molar-refractivity contribution is 0.672. The van der Waals surface area contributed by atoms with Crippen LogP contribution in [-0.4, -0.2) is 15.8 Å². The van der Waals surface area contributed by atoms with Gasteiger partial charge in [0.15, 0.2) is 0 Å². The second-order valence-corrected chi connectivity index (χ2v) is 6.82. The van der Waals surface area contributed by atoms with E-state index in [0.29, 0.717) is 6.04 Å². The number of nitrogens with one attached hydrogen (secondary N) is 1. The van der Waals surface area contributed by atoms with Gasteiger partial charge >= 0.3 is 0 Å². The van der Waals surface area contributed by atoms with Gasteiger partial charge in [0.1, 0.15) is 5.69 Å². The summed E-state index contributed by atoms with van der Waals surface area (Å²) in [5.41, 5.74) is 5.50. The summed E-state index contributed by atoms with van der Waals surface area (Å²) in [6.07, 6.45) is 2.20. The Hall–Kier alpha value is -3.07. The summed E-state index contributed by atoms with van der Waals surface area (Å²) in [6, 6.07) is 27.7. The molecule has 136 valence electrons. The lowest BCUT2D eigenvalue weighted by Crippen LogP contribution is -2.17. The molecule has 0 aliphatic carbocycles. The number of rotatable bonds is 6. The monoisotopic (exact) mass is 355 g/mol. The van der Waals surface area contributed by atoms with E-state index in [2.05, 4.69) is 90.6 Å². The zero-order chi connectivity index (χ0) is 18.6. The third-order valence-corrected chi connectivity index (χ3v) is 5.10. The zero-order valence-electron chi connectivity index (χ0n) is 15.9. The molecule has 1 heterocycles. The van der Waals surface area contributed by atoms with Gasteiger partial charge in [0.05, 0.1) is 16.6 Å². The Labute approximate surface area is 160 Å². The Kier molecular flexibility index (Phi) is 4.93. The fourth-order valence-electron chi connectivity index (χ4n) is 3.57. The quantitative estimate of drug-likeness (QED) is 0.440. The molecule has 0 aliphatic heterocycles. The predicted molar refractivity (Wildman–Crippen MR) is 114 cm³/mol. The van der Waals surface area contributed by atoms with Crippen molar-refractivity contribution < 1.29 is 0 Å². The molecule has 3 nitrogen and oxygen atoms in total. The Bertz CT molecular complexity index is 1020. The van der Waals surface area contributed by atoms with E-state index in [1.807, 2.05) is 12.1 Å². The highest BCUT2D eigenvalue weighted by Crippen LogP contribution is 2.35. The van der Waals surface area contributed by atoms with E-state index in [-0.39, 0.29) is 0 Å². The first-order valence-electron chi connectivity index (χ1n) is 9.71. The van der Waals surface area contributed by atoms with E-state index >= 15 is 0 Å². The molecule has 0 saturated carbocycles. The molecule has 1 N–H and O–H groups in total. The van der Waals surface area contributed by atoms with Gasteiger partial charge in [0.25, 0.3) is 0 Å². The average Bonchev–Trinajstić information content (AvgIpc) is 3.14. The summed E-state index contributed by atoms with van der Waals surface area (Å²) in [4.78, 5) is 0. The molecule has 3 aromatic carbocycles. The van der Waals surface area contributed by atoms with Crippen molar-refractivity contribution in [2.45, 2.75) is 32.7 Å². The summed E-state index contributed by atoms with van der Waals surface area (Å²) in [5.74, 6) is 0. The molecular weight excluding hydrogens is 330 g/mol. The van der Waals surface area contributed by atoms with E-state index in [4.69, 9.17) is 5.10 Å². The predicted octanol–water partition coefficient (Wildman–Crippen LogP) is 6.29. The topological polar surface area (TPSA) is 29.9 Å². The fraction of sp³-hybridized carbons (Fsp3) is 0.208. The molecule has 0 radical (unpaired) electrons. The number of benzene rings is 3. The molecule has 27 heavy (non-hydrogen) atoms. The molecule has 0 unspecified atom stereocenters. The Morgan fingerprint density at radius 1 is 0.815 bits per heavy atom. The van der Waals surface area contributed by atoms with Gasteiger partial charge in [-0.25, -0.2) is 4.68 Å². The van der Waals surface area contributed by atoms with E-state index in [1.54, 1.807) is 0 Å². The van der Waals surface area contributed by atoms with E-state index < -0.39 is 0 Å². The van der Waals surface area contributed by atoms with Crippen LogP contribution in [0.2, 0.25) is 0 Å². The number of aromatic nitrogens is 2. The van der Waals surface area contributed by atoms with Crippen molar-refractivity contribution in [2.75, 3.05) is 5.32 Å². The summed E-state index contributed by atoms with van der Waals surface area (Å²) in [7, 11) is 0. The molecule has 0 fully saturated rings. The fourth-order valence-corrected chi connectivity index (χ4v) is 3.57. The molecule has 0 aliphatic rings. The van der Waals surface area contributed by atoms with Crippen LogP contribution in [0.4, 0.5) is 5.69 Å². The highest BCUT2D eigenvalue weighted by Gasteiger charge is 2.17. The van der Waals surface area contributed by atoms with Crippen molar-refractivity contribution in [1.29, 1.82) is 0 Å². The Morgan fingerprint density at radius 3 is 2.15 bits per heavy atom. The average molecular weight is 355 g/mol. The van der Waals surface area contributed by atoms with Gasteiger partial charge in [-0.15, -0.1) is 0 Å². The van der Waals surface area contributed by atoms with Crippen molar-refractivity contribution in [3.8, 4) is 16.9 Å². The zero-order valence-corrected chi connectivity index (χ0v) is 15.9. The minimum atomic E-state index is 0.458. The molecule has 0 spiro atoms. The molecule has 0 saturated heterocycles. The second kappa shape index (κ2) is 7.67. The van der Waals surface area contributed by atoms with Gasteiger partial charge in [-0.05, 0) is 37.1 Å². The molecule has 0 amide bonds. The van der Waals surface area contributed by atoms with E-state index in [0.717, 1.165) is 41.0 Å². The summed E-state index contributed by atoms with van der Waals surface area (Å²) >= 11 is 0. The number of hydrogen-bond donors (Lipinski definition) is 1. The summed E-state index contributed by atoms with van der Waals surface area (Å²) < 4.78 is 2.05. The number of fused-ring (bicyclic) bond motifs is 1. The van der Waals surface area contributed by atoms with Crippen LogP contribution in [0.1, 0.15) is 26.7 Å². The molecule has 3 heteroatoms. The van der Waals surface area contributed by atoms with Crippen LogP contribution in [-0.2, 0) is 0 Å². The number of para-hydroxylation sites is 1. The maximum atomic E-state index is 5.03. The lowest BCUT2D eigenvalue weighted by atomic mass is 10.0. The molecule has 1 aromatic heterocycles. The highest BCUT2D eigenvalue weighted by atomic mass is 15.3. The number of anilines is 1. The first kappa shape index (κ1) is 17.3. The number of hydrogen-bond acceptors (Lipinski definition) is 2. The van der Waals surface area contributed by atoms with Gasteiger partial charge in [-0.2, -0.15) is 5.10 Å². The smallest absolute Gasteiger partial charge is 0.103 e. The SMILES string of the molecule is CCC(CC)Nc1cccc2c1c(-c1ccccc1)nn2-c1ccccc1. The summed E-state index contributed by atoms with van der Waals surface area (Å²) in [6.45, 7) is 4.46. The van der Waals surface area contributed by atoms with Crippen molar-refractivity contribution in [2.24, 2.45) is 0 Å². The minimum Gasteiger partial charge on any atom is -0.382 e. The molecular formula is C24H25N3. The van der Waals surface area contributed by atoms with Crippen LogP contribution in [0, 0.1) is 0 Å². The first-order valence-corrected chi connectivity index (χ1v) is 9.71. The van der Waals surface area contributed by atoms with Crippen molar-refractivity contribution >= 4 is 16.6 Å². The van der Waals surface area contributed by atoms with Crippen LogP contribution < -0.4 is 5.32 Å². The van der Waals surface area contributed by atoms with Crippen LogP contribution in [0.15, 0.2) is 78.9 Å². The van der Waals surface area contributed by atoms with Crippen molar-refractivity contribution in [3.63, 3.8) is 0 Å². The van der Waals surface area contributed by atoms with Crippen LogP contribution in [0.3, 0.4) is 0 Å². The number of nitrogens with zero attached hydrogens (tertiary/aromatic N) is 2. The van der Waals surface area contributed by atoms with Gasteiger partial charge in [-0.1, -0.05) is 68.4 Å². The Balaban J connectivity index is 1.97. The Morgan fingerprint density at radius 2 is 1.48 bits per heavy atom. The van der Waals surface area contributed by atoms with Gasteiger partial charge in [0, 0.05) is 17.3 Å². The minimum absolute atomic E-state index is 0.458. The van der Waals surface area contributed by atoms with Gasteiger partial charge in [-0.3, -0.25) is 0 Å².